The molecule has 1 aromatic carbocycles. The number of rotatable bonds is 9. The van der Waals surface area contributed by atoms with Gasteiger partial charge < -0.3 is 18.9 Å². The lowest BCUT2D eigenvalue weighted by atomic mass is 10.1. The summed E-state index contributed by atoms with van der Waals surface area (Å²) >= 11 is 0. The topological polar surface area (TPSA) is 115 Å². The van der Waals surface area contributed by atoms with Gasteiger partial charge in [-0.05, 0) is 25.1 Å². The smallest absolute Gasteiger partial charge is 0.278 e. The van der Waals surface area contributed by atoms with Crippen molar-refractivity contribution < 1.29 is 23.7 Å². The Labute approximate surface area is 168 Å². The number of aryl methyl sites for hydroxylation is 1. The molecular formula is C20H22N4O5. The number of nitriles is 1. The van der Waals surface area contributed by atoms with Gasteiger partial charge in [0.25, 0.3) is 5.91 Å². The van der Waals surface area contributed by atoms with E-state index in [4.69, 9.17) is 18.9 Å². The lowest BCUT2D eigenvalue weighted by Gasteiger charge is -2.10. The second kappa shape index (κ2) is 10.6. The summed E-state index contributed by atoms with van der Waals surface area (Å²) in [7, 11) is 4.61. The van der Waals surface area contributed by atoms with E-state index in [0.717, 1.165) is 0 Å². The molecule has 152 valence electrons. The standard InChI is InChI=1S/C20H22N4O5/c1-13-7-15(11-26-2)17(9-21)20(23-13)29-12-19(25)24-22-10-14-5-6-16(27-3)8-18(14)28-4/h5-8,10H,11-12H2,1-4H3,(H,24,25)/b22-10-. The van der Waals surface area contributed by atoms with Gasteiger partial charge in [-0.25, -0.2) is 10.4 Å². The van der Waals surface area contributed by atoms with Gasteiger partial charge in [0.2, 0.25) is 5.88 Å². The second-order valence-corrected chi connectivity index (χ2v) is 5.84. The zero-order valence-corrected chi connectivity index (χ0v) is 16.7. The lowest BCUT2D eigenvalue weighted by molar-refractivity contribution is -0.123. The van der Waals surface area contributed by atoms with Crippen LogP contribution in [0.1, 0.15) is 22.4 Å². The molecule has 0 aliphatic carbocycles. The van der Waals surface area contributed by atoms with E-state index in [-0.39, 0.29) is 24.7 Å². The Morgan fingerprint density at radius 3 is 2.72 bits per heavy atom. The van der Waals surface area contributed by atoms with Crippen LogP contribution in [-0.2, 0) is 16.1 Å². The van der Waals surface area contributed by atoms with E-state index < -0.39 is 5.91 Å². The molecule has 29 heavy (non-hydrogen) atoms. The third-order valence-electron chi connectivity index (χ3n) is 3.78. The summed E-state index contributed by atoms with van der Waals surface area (Å²) in [5, 5.41) is 13.3. The normalized spacial score (nSPS) is 10.4. The molecule has 2 aromatic rings. The highest BCUT2D eigenvalue weighted by Gasteiger charge is 2.14. The van der Waals surface area contributed by atoms with Gasteiger partial charge >= 0.3 is 0 Å². The van der Waals surface area contributed by atoms with Gasteiger partial charge in [-0.2, -0.15) is 10.4 Å². The molecule has 0 aliphatic heterocycles. The summed E-state index contributed by atoms with van der Waals surface area (Å²) in [6.07, 6.45) is 1.44. The van der Waals surface area contributed by atoms with Crippen molar-refractivity contribution in [1.29, 1.82) is 5.26 Å². The number of pyridine rings is 1. The van der Waals surface area contributed by atoms with Gasteiger partial charge in [0.15, 0.2) is 6.61 Å². The van der Waals surface area contributed by atoms with Gasteiger partial charge in [-0.15, -0.1) is 0 Å². The first kappa shape index (κ1) is 21.7. The molecule has 0 bridgehead atoms. The van der Waals surface area contributed by atoms with E-state index in [1.807, 2.05) is 6.07 Å². The van der Waals surface area contributed by atoms with Crippen molar-refractivity contribution >= 4 is 12.1 Å². The molecule has 9 nitrogen and oxygen atoms in total. The minimum Gasteiger partial charge on any atom is -0.497 e. The third-order valence-corrected chi connectivity index (χ3v) is 3.78. The largest absolute Gasteiger partial charge is 0.497 e. The highest BCUT2D eigenvalue weighted by molar-refractivity contribution is 5.85. The molecule has 0 aliphatic rings. The fourth-order valence-electron chi connectivity index (χ4n) is 2.47. The van der Waals surface area contributed by atoms with Gasteiger partial charge in [-0.3, -0.25) is 4.79 Å². The number of hydrogen-bond donors (Lipinski definition) is 1. The van der Waals surface area contributed by atoms with Crippen LogP contribution >= 0.6 is 0 Å². The molecule has 0 unspecified atom stereocenters. The predicted octanol–water partition coefficient (Wildman–Crippen LogP) is 1.95. The number of hydrazone groups is 1. The molecular weight excluding hydrogens is 376 g/mol. The monoisotopic (exact) mass is 398 g/mol. The van der Waals surface area contributed by atoms with Crippen LogP contribution < -0.4 is 19.6 Å². The molecule has 0 saturated heterocycles. The van der Waals surface area contributed by atoms with E-state index >= 15 is 0 Å². The number of hydrogen-bond acceptors (Lipinski definition) is 8. The van der Waals surface area contributed by atoms with Crippen LogP contribution in [0, 0.1) is 18.3 Å². The van der Waals surface area contributed by atoms with Crippen molar-refractivity contribution in [3.05, 3.63) is 46.6 Å². The molecule has 9 heteroatoms. The summed E-state index contributed by atoms with van der Waals surface area (Å²) in [5.74, 6) is 0.764. The van der Waals surface area contributed by atoms with Gasteiger partial charge in [0.05, 0.1) is 27.0 Å². The molecule has 1 N–H and O–H groups in total. The van der Waals surface area contributed by atoms with Crippen LogP contribution in [0.5, 0.6) is 17.4 Å². The highest BCUT2D eigenvalue weighted by atomic mass is 16.5. The third kappa shape index (κ3) is 5.92. The van der Waals surface area contributed by atoms with Crippen LogP contribution in [0.2, 0.25) is 0 Å². The predicted molar refractivity (Wildman–Crippen MR) is 105 cm³/mol. The molecule has 1 amide bonds. The van der Waals surface area contributed by atoms with Crippen molar-refractivity contribution in [2.75, 3.05) is 27.9 Å². The summed E-state index contributed by atoms with van der Waals surface area (Å²) in [6, 6.07) is 8.97. The van der Waals surface area contributed by atoms with Crippen LogP contribution in [0.15, 0.2) is 29.4 Å². The number of carbonyl (C=O) groups is 1. The van der Waals surface area contributed by atoms with E-state index in [0.29, 0.717) is 28.3 Å². The van der Waals surface area contributed by atoms with Crippen molar-refractivity contribution in [2.24, 2.45) is 5.10 Å². The van der Waals surface area contributed by atoms with Crippen molar-refractivity contribution in [3.8, 4) is 23.4 Å². The number of carbonyl (C=O) groups excluding carboxylic acids is 1. The summed E-state index contributed by atoms with van der Waals surface area (Å²) < 4.78 is 20.9. The molecule has 0 radical (unpaired) electrons. The Balaban J connectivity index is 2.01. The van der Waals surface area contributed by atoms with Crippen LogP contribution in [0.4, 0.5) is 0 Å². The number of benzene rings is 1. The molecule has 1 heterocycles. The van der Waals surface area contributed by atoms with Crippen LogP contribution in [0.3, 0.4) is 0 Å². The number of amides is 1. The molecule has 0 saturated carbocycles. The summed E-state index contributed by atoms with van der Waals surface area (Å²) in [5.41, 5.74) is 4.54. The van der Waals surface area contributed by atoms with Gasteiger partial charge in [0.1, 0.15) is 23.1 Å². The minimum absolute atomic E-state index is 0.0792. The van der Waals surface area contributed by atoms with Crippen LogP contribution in [0.25, 0.3) is 0 Å². The SMILES string of the molecule is COCc1cc(C)nc(OCC(=O)N/N=C\c2ccc(OC)cc2OC)c1C#N. The molecule has 2 rings (SSSR count). The number of nitrogens with zero attached hydrogens (tertiary/aromatic N) is 3. The van der Waals surface area contributed by atoms with Crippen molar-refractivity contribution in [1.82, 2.24) is 10.4 Å². The Bertz CT molecular complexity index is 937. The van der Waals surface area contributed by atoms with Crippen molar-refractivity contribution in [2.45, 2.75) is 13.5 Å². The minimum atomic E-state index is -0.505. The maximum absolute atomic E-state index is 12.0. The maximum atomic E-state index is 12.0. The summed E-state index contributed by atoms with van der Waals surface area (Å²) in [4.78, 5) is 16.2. The molecule has 0 spiro atoms. The first-order valence-electron chi connectivity index (χ1n) is 8.58. The number of nitrogens with one attached hydrogen (secondary N) is 1. The molecule has 0 fully saturated rings. The first-order chi connectivity index (χ1) is 14.0. The summed E-state index contributed by atoms with van der Waals surface area (Å²) in [6.45, 7) is 1.65. The van der Waals surface area contributed by atoms with Crippen molar-refractivity contribution in [3.63, 3.8) is 0 Å². The average Bonchev–Trinajstić information content (AvgIpc) is 2.72. The zero-order chi connectivity index (χ0) is 21.2. The van der Waals surface area contributed by atoms with E-state index in [9.17, 15) is 10.1 Å². The number of methoxy groups -OCH3 is 3. The Morgan fingerprint density at radius 2 is 2.07 bits per heavy atom. The Kier molecular flexibility index (Phi) is 7.94. The Hall–Kier alpha value is -3.64. The van der Waals surface area contributed by atoms with E-state index in [1.54, 1.807) is 38.3 Å². The average molecular weight is 398 g/mol. The highest BCUT2D eigenvalue weighted by Crippen LogP contribution is 2.23. The fourth-order valence-corrected chi connectivity index (χ4v) is 2.47. The van der Waals surface area contributed by atoms with E-state index in [2.05, 4.69) is 15.5 Å². The molecule has 1 aromatic heterocycles. The van der Waals surface area contributed by atoms with Crippen LogP contribution in [-0.4, -0.2) is 45.0 Å². The first-order valence-corrected chi connectivity index (χ1v) is 8.58. The number of ether oxygens (including phenoxy) is 4. The quantitative estimate of drug-likeness (QED) is 0.507. The maximum Gasteiger partial charge on any atom is 0.278 e. The van der Waals surface area contributed by atoms with E-state index in [1.165, 1.54) is 20.4 Å². The lowest BCUT2D eigenvalue weighted by Crippen LogP contribution is -2.25. The zero-order valence-electron chi connectivity index (χ0n) is 16.7. The molecule has 0 atom stereocenters. The Morgan fingerprint density at radius 1 is 1.28 bits per heavy atom. The fraction of sp³-hybridized carbons (Fsp3) is 0.300. The second-order valence-electron chi connectivity index (χ2n) is 5.84. The van der Waals surface area contributed by atoms with Gasteiger partial charge in [0, 0.05) is 30.0 Å². The number of aromatic nitrogens is 1. The van der Waals surface area contributed by atoms with Gasteiger partial charge in [-0.1, -0.05) is 0 Å².